The predicted octanol–water partition coefficient (Wildman–Crippen LogP) is 1.20. The van der Waals surface area contributed by atoms with Gasteiger partial charge in [-0.05, 0) is 20.8 Å². The predicted molar refractivity (Wildman–Crippen MR) is 49.5 cm³/mol. The minimum absolute atomic E-state index is 0.0247. The van der Waals surface area contributed by atoms with Crippen LogP contribution in [0.1, 0.15) is 27.2 Å². The standard InChI is InChI=1S/C10H14O4/c1-10(2,3)14-9(12)6-8-7(11)4-5-13-8/h4-5,8H,6H2,1-3H3. The van der Waals surface area contributed by atoms with E-state index in [-0.39, 0.29) is 12.2 Å². The number of esters is 1. The zero-order chi connectivity index (χ0) is 10.8. The van der Waals surface area contributed by atoms with E-state index in [0.717, 1.165) is 0 Å². The Balaban J connectivity index is 2.38. The molecule has 14 heavy (non-hydrogen) atoms. The molecule has 0 amide bonds. The van der Waals surface area contributed by atoms with Crippen molar-refractivity contribution in [3.8, 4) is 0 Å². The first-order chi connectivity index (χ1) is 6.38. The SMILES string of the molecule is CC(C)(C)OC(=O)CC1OC=CC1=O. The Labute approximate surface area is 82.9 Å². The summed E-state index contributed by atoms with van der Waals surface area (Å²) in [6.45, 7) is 5.33. The average Bonchev–Trinajstić information content (AvgIpc) is 2.32. The first-order valence-electron chi connectivity index (χ1n) is 4.46. The lowest BCUT2D eigenvalue weighted by Gasteiger charge is -2.20. The number of ether oxygens (including phenoxy) is 2. The fourth-order valence-electron chi connectivity index (χ4n) is 1.06. The van der Waals surface area contributed by atoms with Gasteiger partial charge in [0.15, 0.2) is 11.9 Å². The van der Waals surface area contributed by atoms with E-state index in [4.69, 9.17) is 9.47 Å². The van der Waals surface area contributed by atoms with Gasteiger partial charge in [0.1, 0.15) is 5.60 Å². The largest absolute Gasteiger partial charge is 0.489 e. The average molecular weight is 198 g/mol. The van der Waals surface area contributed by atoms with Gasteiger partial charge in [0, 0.05) is 6.08 Å². The molecule has 0 bridgehead atoms. The molecule has 0 fully saturated rings. The Morgan fingerprint density at radius 2 is 2.21 bits per heavy atom. The highest BCUT2D eigenvalue weighted by atomic mass is 16.6. The maximum absolute atomic E-state index is 11.3. The molecule has 78 valence electrons. The van der Waals surface area contributed by atoms with Crippen LogP contribution in [0.5, 0.6) is 0 Å². The van der Waals surface area contributed by atoms with Crippen LogP contribution in [0.2, 0.25) is 0 Å². The highest BCUT2D eigenvalue weighted by molar-refractivity contribution is 5.97. The summed E-state index contributed by atoms with van der Waals surface area (Å²) in [6, 6.07) is 0. The molecule has 0 saturated carbocycles. The van der Waals surface area contributed by atoms with Crippen LogP contribution >= 0.6 is 0 Å². The maximum Gasteiger partial charge on any atom is 0.310 e. The molecule has 0 saturated heterocycles. The molecule has 1 atom stereocenters. The van der Waals surface area contributed by atoms with Crippen LogP contribution in [0, 0.1) is 0 Å². The zero-order valence-corrected chi connectivity index (χ0v) is 8.57. The summed E-state index contributed by atoms with van der Waals surface area (Å²) < 4.78 is 9.97. The Morgan fingerprint density at radius 3 is 2.64 bits per heavy atom. The number of hydrogen-bond donors (Lipinski definition) is 0. The van der Waals surface area contributed by atoms with Gasteiger partial charge in [-0.15, -0.1) is 0 Å². The first kappa shape index (κ1) is 10.8. The fraction of sp³-hybridized carbons (Fsp3) is 0.600. The van der Waals surface area contributed by atoms with Crippen molar-refractivity contribution in [1.29, 1.82) is 0 Å². The van der Waals surface area contributed by atoms with E-state index in [1.165, 1.54) is 12.3 Å². The molecular weight excluding hydrogens is 184 g/mol. The number of hydrogen-bond acceptors (Lipinski definition) is 4. The second-order valence-corrected chi connectivity index (χ2v) is 4.12. The lowest BCUT2D eigenvalue weighted by atomic mass is 10.1. The van der Waals surface area contributed by atoms with Crippen LogP contribution in [-0.2, 0) is 19.1 Å². The smallest absolute Gasteiger partial charge is 0.310 e. The van der Waals surface area contributed by atoms with Crippen LogP contribution in [0.4, 0.5) is 0 Å². The number of ketones is 1. The van der Waals surface area contributed by atoms with Crippen molar-refractivity contribution >= 4 is 11.8 Å². The molecule has 1 aliphatic rings. The summed E-state index contributed by atoms with van der Waals surface area (Å²) in [5.74, 6) is -0.601. The van der Waals surface area contributed by atoms with Crippen LogP contribution in [0.25, 0.3) is 0 Å². The van der Waals surface area contributed by atoms with Gasteiger partial charge < -0.3 is 9.47 Å². The van der Waals surface area contributed by atoms with E-state index >= 15 is 0 Å². The molecule has 4 nitrogen and oxygen atoms in total. The summed E-state index contributed by atoms with van der Waals surface area (Å²) >= 11 is 0. The van der Waals surface area contributed by atoms with Gasteiger partial charge in [-0.3, -0.25) is 9.59 Å². The molecule has 4 heteroatoms. The molecule has 0 aromatic carbocycles. The van der Waals surface area contributed by atoms with Gasteiger partial charge in [0.05, 0.1) is 12.7 Å². The summed E-state index contributed by atoms with van der Waals surface area (Å²) in [5.41, 5.74) is -0.522. The minimum atomic E-state index is -0.690. The van der Waals surface area contributed by atoms with Crippen LogP contribution < -0.4 is 0 Å². The van der Waals surface area contributed by atoms with Crippen molar-refractivity contribution in [2.75, 3.05) is 0 Å². The lowest BCUT2D eigenvalue weighted by molar-refractivity contribution is -0.158. The summed E-state index contributed by atoms with van der Waals surface area (Å²) in [4.78, 5) is 22.3. The summed E-state index contributed by atoms with van der Waals surface area (Å²) in [6.07, 6.45) is 1.90. The maximum atomic E-state index is 11.3. The van der Waals surface area contributed by atoms with E-state index in [9.17, 15) is 9.59 Å². The van der Waals surface area contributed by atoms with Gasteiger partial charge in [-0.1, -0.05) is 0 Å². The van der Waals surface area contributed by atoms with Crippen molar-refractivity contribution in [2.24, 2.45) is 0 Å². The second-order valence-electron chi connectivity index (χ2n) is 4.12. The topological polar surface area (TPSA) is 52.6 Å². The monoisotopic (exact) mass is 198 g/mol. The molecule has 0 aromatic heterocycles. The molecule has 1 heterocycles. The fourth-order valence-corrected chi connectivity index (χ4v) is 1.06. The molecule has 0 radical (unpaired) electrons. The normalized spacial score (nSPS) is 20.8. The van der Waals surface area contributed by atoms with Crippen molar-refractivity contribution < 1.29 is 19.1 Å². The Morgan fingerprint density at radius 1 is 1.57 bits per heavy atom. The van der Waals surface area contributed by atoms with E-state index < -0.39 is 17.7 Å². The first-order valence-corrected chi connectivity index (χ1v) is 4.46. The van der Waals surface area contributed by atoms with Gasteiger partial charge in [-0.2, -0.15) is 0 Å². The van der Waals surface area contributed by atoms with Gasteiger partial charge >= 0.3 is 5.97 Å². The van der Waals surface area contributed by atoms with Crippen LogP contribution in [0.3, 0.4) is 0 Å². The third kappa shape index (κ3) is 3.20. The quantitative estimate of drug-likeness (QED) is 0.625. The number of carbonyl (C=O) groups excluding carboxylic acids is 2. The van der Waals surface area contributed by atoms with E-state index in [1.54, 1.807) is 20.8 Å². The van der Waals surface area contributed by atoms with Gasteiger partial charge in [0.2, 0.25) is 0 Å². The molecule has 0 aromatic rings. The molecule has 0 spiro atoms. The van der Waals surface area contributed by atoms with E-state index in [1.807, 2.05) is 0 Å². The Kier molecular flexibility index (Phi) is 2.93. The molecule has 0 aliphatic carbocycles. The van der Waals surface area contributed by atoms with E-state index in [2.05, 4.69) is 0 Å². The molecule has 1 aliphatic heterocycles. The second kappa shape index (κ2) is 3.82. The van der Waals surface area contributed by atoms with Gasteiger partial charge in [-0.25, -0.2) is 0 Å². The Hall–Kier alpha value is -1.32. The molecule has 1 rings (SSSR count). The molecule has 0 N–H and O–H groups in total. The highest BCUT2D eigenvalue weighted by Gasteiger charge is 2.27. The van der Waals surface area contributed by atoms with Crippen LogP contribution in [-0.4, -0.2) is 23.5 Å². The van der Waals surface area contributed by atoms with Crippen molar-refractivity contribution in [2.45, 2.75) is 38.9 Å². The Bertz CT molecular complexity index is 272. The van der Waals surface area contributed by atoms with Crippen molar-refractivity contribution in [1.82, 2.24) is 0 Å². The van der Waals surface area contributed by atoms with Crippen molar-refractivity contribution in [3.63, 3.8) is 0 Å². The lowest BCUT2D eigenvalue weighted by Crippen LogP contribution is -2.28. The van der Waals surface area contributed by atoms with Crippen LogP contribution in [0.15, 0.2) is 12.3 Å². The summed E-state index contributed by atoms with van der Waals surface area (Å²) in [5, 5.41) is 0. The summed E-state index contributed by atoms with van der Waals surface area (Å²) in [7, 11) is 0. The zero-order valence-electron chi connectivity index (χ0n) is 8.57. The van der Waals surface area contributed by atoms with Crippen molar-refractivity contribution in [3.05, 3.63) is 12.3 Å². The van der Waals surface area contributed by atoms with Gasteiger partial charge in [0.25, 0.3) is 0 Å². The minimum Gasteiger partial charge on any atom is -0.489 e. The highest BCUT2D eigenvalue weighted by Crippen LogP contribution is 2.13. The third-order valence-electron chi connectivity index (χ3n) is 1.56. The number of carbonyl (C=O) groups is 2. The number of rotatable bonds is 2. The molecule has 1 unspecified atom stereocenters. The van der Waals surface area contributed by atoms with E-state index in [0.29, 0.717) is 0 Å². The third-order valence-corrected chi connectivity index (χ3v) is 1.56. The molecular formula is C10H14O4.